The molecule has 1 aliphatic rings. The molecule has 0 aromatic carbocycles. The molecule has 1 aliphatic carbocycles. The van der Waals surface area contributed by atoms with Crippen LogP contribution in [0.2, 0.25) is 0 Å². The number of nitrogens with zero attached hydrogens (tertiary/aromatic N) is 1. The highest BCUT2D eigenvalue weighted by Crippen LogP contribution is 2.39. The third-order valence-electron chi connectivity index (χ3n) is 4.44. The highest BCUT2D eigenvalue weighted by molar-refractivity contribution is 4.96. The van der Waals surface area contributed by atoms with Gasteiger partial charge in [0, 0.05) is 12.5 Å². The van der Waals surface area contributed by atoms with Crippen molar-refractivity contribution in [1.29, 1.82) is 0 Å². The molecule has 3 heteroatoms. The maximum atomic E-state index is 11.0. The van der Waals surface area contributed by atoms with E-state index in [9.17, 15) is 10.2 Å². The Kier molecular flexibility index (Phi) is 6.34. The van der Waals surface area contributed by atoms with Gasteiger partial charge >= 0.3 is 0 Å². The van der Waals surface area contributed by atoms with Crippen LogP contribution in [0, 0.1) is 11.8 Å². The molecule has 0 heterocycles. The molecule has 2 unspecified atom stereocenters. The van der Waals surface area contributed by atoms with E-state index in [1.165, 1.54) is 6.42 Å². The summed E-state index contributed by atoms with van der Waals surface area (Å²) in [6, 6.07) is 0. The lowest BCUT2D eigenvalue weighted by Gasteiger charge is -2.43. The van der Waals surface area contributed by atoms with E-state index in [2.05, 4.69) is 25.9 Å². The first-order valence-electron chi connectivity index (χ1n) is 7.58. The molecule has 0 saturated heterocycles. The molecular weight excluding hydrogens is 238 g/mol. The lowest BCUT2D eigenvalue weighted by Crippen LogP contribution is -2.47. The third kappa shape index (κ3) is 5.15. The summed E-state index contributed by atoms with van der Waals surface area (Å²) in [6.07, 6.45) is 8.10. The number of hydrogen-bond acceptors (Lipinski definition) is 3. The second kappa shape index (κ2) is 7.30. The van der Waals surface area contributed by atoms with Crippen LogP contribution < -0.4 is 0 Å². The van der Waals surface area contributed by atoms with E-state index in [-0.39, 0.29) is 5.92 Å². The SMILES string of the molecule is C/C(O)=C\CC(C)C(CN(C)C)C1(O)CCCCC1. The Hall–Kier alpha value is -0.540. The van der Waals surface area contributed by atoms with E-state index in [1.807, 2.05) is 6.08 Å². The summed E-state index contributed by atoms with van der Waals surface area (Å²) in [5.41, 5.74) is -0.515. The second-order valence-electron chi connectivity index (χ2n) is 6.59. The van der Waals surface area contributed by atoms with Crippen molar-refractivity contribution in [2.24, 2.45) is 11.8 Å². The molecule has 0 amide bonds. The summed E-state index contributed by atoms with van der Waals surface area (Å²) in [4.78, 5) is 2.17. The van der Waals surface area contributed by atoms with Gasteiger partial charge < -0.3 is 15.1 Å². The number of allylic oxidation sites excluding steroid dienone is 2. The number of hydrogen-bond donors (Lipinski definition) is 2. The van der Waals surface area contributed by atoms with E-state index in [0.29, 0.717) is 11.7 Å². The van der Waals surface area contributed by atoms with Crippen molar-refractivity contribution >= 4 is 0 Å². The standard InChI is InChI=1S/C16H31NO2/c1-13(8-9-14(2)18)15(12-17(3)4)16(19)10-6-5-7-11-16/h9,13,15,18-19H,5-8,10-12H2,1-4H3/b14-9+. The second-order valence-corrected chi connectivity index (χ2v) is 6.59. The average Bonchev–Trinajstić information content (AvgIpc) is 2.33. The van der Waals surface area contributed by atoms with Gasteiger partial charge in [0.1, 0.15) is 0 Å². The van der Waals surface area contributed by atoms with Crippen molar-refractivity contribution in [3.8, 4) is 0 Å². The van der Waals surface area contributed by atoms with Gasteiger partial charge in [-0.25, -0.2) is 0 Å². The predicted molar refractivity (Wildman–Crippen MR) is 80.2 cm³/mol. The molecule has 0 aromatic rings. The Morgan fingerprint density at radius 2 is 1.84 bits per heavy atom. The van der Waals surface area contributed by atoms with Gasteiger partial charge in [-0.2, -0.15) is 0 Å². The molecule has 112 valence electrons. The lowest BCUT2D eigenvalue weighted by atomic mass is 9.70. The molecule has 2 N–H and O–H groups in total. The van der Waals surface area contributed by atoms with Crippen LogP contribution in [-0.2, 0) is 0 Å². The van der Waals surface area contributed by atoms with Crippen LogP contribution in [0.3, 0.4) is 0 Å². The van der Waals surface area contributed by atoms with Gasteiger partial charge in [-0.1, -0.05) is 26.2 Å². The van der Waals surface area contributed by atoms with Gasteiger partial charge in [-0.15, -0.1) is 0 Å². The molecule has 1 saturated carbocycles. The normalized spacial score (nSPS) is 23.4. The Balaban J connectivity index is 2.77. The maximum Gasteiger partial charge on any atom is 0.0852 e. The highest BCUT2D eigenvalue weighted by atomic mass is 16.3. The molecule has 1 fully saturated rings. The van der Waals surface area contributed by atoms with Gasteiger partial charge in [0.2, 0.25) is 0 Å². The maximum absolute atomic E-state index is 11.0. The van der Waals surface area contributed by atoms with Crippen LogP contribution in [0.1, 0.15) is 52.4 Å². The largest absolute Gasteiger partial charge is 0.513 e. The van der Waals surface area contributed by atoms with Crippen LogP contribution in [0.5, 0.6) is 0 Å². The van der Waals surface area contributed by atoms with E-state index in [0.717, 1.165) is 38.6 Å². The Morgan fingerprint density at radius 3 is 2.32 bits per heavy atom. The summed E-state index contributed by atoms with van der Waals surface area (Å²) >= 11 is 0. The smallest absolute Gasteiger partial charge is 0.0852 e. The van der Waals surface area contributed by atoms with Gasteiger partial charge in [0.05, 0.1) is 11.4 Å². The summed E-state index contributed by atoms with van der Waals surface area (Å²) in [5.74, 6) is 1.04. The first kappa shape index (κ1) is 16.5. The molecule has 0 radical (unpaired) electrons. The zero-order valence-electron chi connectivity index (χ0n) is 13.0. The molecule has 2 atom stereocenters. The molecule has 0 spiro atoms. The number of aliphatic hydroxyl groups is 2. The van der Waals surface area contributed by atoms with Crippen LogP contribution in [-0.4, -0.2) is 41.4 Å². The topological polar surface area (TPSA) is 43.7 Å². The fourth-order valence-corrected chi connectivity index (χ4v) is 3.33. The van der Waals surface area contributed by atoms with Crippen molar-refractivity contribution in [1.82, 2.24) is 4.90 Å². The van der Waals surface area contributed by atoms with Gasteiger partial charge in [0.15, 0.2) is 0 Å². The quantitative estimate of drug-likeness (QED) is 0.727. The third-order valence-corrected chi connectivity index (χ3v) is 4.44. The van der Waals surface area contributed by atoms with Crippen LogP contribution in [0.4, 0.5) is 0 Å². The summed E-state index contributed by atoms with van der Waals surface area (Å²) < 4.78 is 0. The molecule has 19 heavy (non-hydrogen) atoms. The Bertz CT molecular complexity index is 289. The minimum atomic E-state index is -0.515. The first-order valence-corrected chi connectivity index (χ1v) is 7.58. The van der Waals surface area contributed by atoms with E-state index in [4.69, 9.17) is 0 Å². The Morgan fingerprint density at radius 1 is 1.26 bits per heavy atom. The minimum absolute atomic E-state index is 0.276. The van der Waals surface area contributed by atoms with E-state index >= 15 is 0 Å². The zero-order chi connectivity index (χ0) is 14.5. The van der Waals surface area contributed by atoms with Gasteiger partial charge in [-0.3, -0.25) is 0 Å². The first-order chi connectivity index (χ1) is 8.85. The average molecular weight is 269 g/mol. The van der Waals surface area contributed by atoms with Gasteiger partial charge in [0.25, 0.3) is 0 Å². The van der Waals surface area contributed by atoms with Crippen LogP contribution in [0.15, 0.2) is 11.8 Å². The van der Waals surface area contributed by atoms with E-state index < -0.39 is 5.60 Å². The molecule has 3 nitrogen and oxygen atoms in total. The van der Waals surface area contributed by atoms with Crippen molar-refractivity contribution in [3.63, 3.8) is 0 Å². The fraction of sp³-hybridized carbons (Fsp3) is 0.875. The number of aliphatic hydroxyl groups excluding tert-OH is 1. The van der Waals surface area contributed by atoms with Crippen LogP contribution >= 0.6 is 0 Å². The number of rotatable bonds is 6. The van der Waals surface area contributed by atoms with E-state index in [1.54, 1.807) is 6.92 Å². The Labute approximate surface area is 118 Å². The molecule has 0 bridgehead atoms. The molecule has 0 aromatic heterocycles. The fourth-order valence-electron chi connectivity index (χ4n) is 3.33. The molecular formula is C16H31NO2. The molecule has 0 aliphatic heterocycles. The van der Waals surface area contributed by atoms with Crippen LogP contribution in [0.25, 0.3) is 0 Å². The lowest BCUT2D eigenvalue weighted by molar-refractivity contribution is -0.0743. The summed E-state index contributed by atoms with van der Waals surface area (Å²) in [7, 11) is 4.14. The van der Waals surface area contributed by atoms with Crippen molar-refractivity contribution in [2.45, 2.75) is 58.0 Å². The van der Waals surface area contributed by atoms with Gasteiger partial charge in [-0.05, 0) is 52.3 Å². The summed E-state index contributed by atoms with van der Waals surface area (Å²) in [5, 5.41) is 20.3. The zero-order valence-corrected chi connectivity index (χ0v) is 13.0. The monoisotopic (exact) mass is 269 g/mol. The van der Waals surface area contributed by atoms with Crippen molar-refractivity contribution < 1.29 is 10.2 Å². The van der Waals surface area contributed by atoms with Crippen molar-refractivity contribution in [3.05, 3.63) is 11.8 Å². The highest BCUT2D eigenvalue weighted by Gasteiger charge is 2.40. The molecule has 1 rings (SSSR count). The van der Waals surface area contributed by atoms with Crippen molar-refractivity contribution in [2.75, 3.05) is 20.6 Å². The predicted octanol–water partition coefficient (Wildman–Crippen LogP) is 3.35. The minimum Gasteiger partial charge on any atom is -0.513 e. The summed E-state index contributed by atoms with van der Waals surface area (Å²) in [6.45, 7) is 4.82.